The number of rotatable bonds is 6. The van der Waals surface area contributed by atoms with Gasteiger partial charge in [-0.2, -0.15) is 8.42 Å². The zero-order valence-electron chi connectivity index (χ0n) is 9.74. The summed E-state index contributed by atoms with van der Waals surface area (Å²) in [7, 11) is -6.99. The molecule has 102 valence electrons. The summed E-state index contributed by atoms with van der Waals surface area (Å²) in [6.07, 6.45) is 0.954. The van der Waals surface area contributed by atoms with Crippen molar-refractivity contribution in [1.82, 2.24) is 0 Å². The smallest absolute Gasteiger partial charge is 0.264 e. The Kier molecular flexibility index (Phi) is 4.85. The van der Waals surface area contributed by atoms with Gasteiger partial charge in [0.1, 0.15) is 5.94 Å². The van der Waals surface area contributed by atoms with E-state index in [0.29, 0.717) is 11.1 Å². The fraction of sp³-hybridized carbons (Fsp3) is 0.400. The second-order valence-electron chi connectivity index (χ2n) is 3.80. The molecule has 0 aromatic heterocycles. The number of sulfone groups is 1. The minimum absolute atomic E-state index is 0.0914. The quantitative estimate of drug-likeness (QED) is 0.743. The van der Waals surface area contributed by atoms with Gasteiger partial charge in [0.05, 0.1) is 18.6 Å². The largest absolute Gasteiger partial charge is 0.380 e. The number of aliphatic hydroxyl groups excluding tert-OH is 1. The molecule has 1 aromatic rings. The van der Waals surface area contributed by atoms with Gasteiger partial charge in [-0.25, -0.2) is 8.42 Å². The van der Waals surface area contributed by atoms with Crippen LogP contribution in [0.5, 0.6) is 0 Å². The fourth-order valence-electron chi connectivity index (χ4n) is 1.21. The highest BCUT2D eigenvalue weighted by Gasteiger charge is 2.10. The van der Waals surface area contributed by atoms with Gasteiger partial charge >= 0.3 is 0 Å². The molecular formula is C10H14O6S2. The molecule has 0 fully saturated rings. The molecule has 0 aliphatic rings. The van der Waals surface area contributed by atoms with Crippen LogP contribution in [0, 0.1) is 0 Å². The molecule has 0 aliphatic heterocycles. The van der Waals surface area contributed by atoms with E-state index in [0.717, 1.165) is 6.26 Å². The Morgan fingerprint density at radius 3 is 2.00 bits per heavy atom. The Hall–Kier alpha value is -0.960. The molecular weight excluding hydrogens is 280 g/mol. The molecule has 0 atom stereocenters. The fourth-order valence-corrected chi connectivity index (χ4v) is 2.35. The maximum Gasteiger partial charge on any atom is 0.264 e. The number of aliphatic hydroxyl groups is 1. The Bertz CT molecular complexity index is 586. The van der Waals surface area contributed by atoms with E-state index < -0.39 is 25.9 Å². The van der Waals surface area contributed by atoms with Crippen LogP contribution in [-0.4, -0.2) is 34.1 Å². The van der Waals surface area contributed by atoms with Crippen molar-refractivity contribution in [2.75, 3.05) is 12.2 Å². The number of hydrogen-bond donors (Lipinski definition) is 1. The first-order chi connectivity index (χ1) is 8.22. The standard InChI is InChI=1S/C10H14O6S2/c1-17(12,13)16-6-9-2-4-10(5-3-9)7-18(14,15)8-11/h2-5,11H,6-8H2,1H3. The predicted molar refractivity (Wildman–Crippen MR) is 65.8 cm³/mol. The van der Waals surface area contributed by atoms with Crippen molar-refractivity contribution >= 4 is 20.0 Å². The van der Waals surface area contributed by atoms with Crippen molar-refractivity contribution in [1.29, 1.82) is 0 Å². The van der Waals surface area contributed by atoms with Crippen LogP contribution < -0.4 is 0 Å². The summed E-state index contributed by atoms with van der Waals surface area (Å²) >= 11 is 0. The summed E-state index contributed by atoms with van der Waals surface area (Å²) in [4.78, 5) is 0. The molecule has 0 unspecified atom stereocenters. The summed E-state index contributed by atoms with van der Waals surface area (Å²) in [5, 5.41) is 8.61. The van der Waals surface area contributed by atoms with Crippen LogP contribution in [0.4, 0.5) is 0 Å². The molecule has 0 saturated heterocycles. The Morgan fingerprint density at radius 2 is 1.56 bits per heavy atom. The average molecular weight is 294 g/mol. The molecule has 1 N–H and O–H groups in total. The van der Waals surface area contributed by atoms with E-state index in [-0.39, 0.29) is 12.4 Å². The van der Waals surface area contributed by atoms with Crippen molar-refractivity contribution in [3.63, 3.8) is 0 Å². The zero-order chi connectivity index (χ0) is 13.8. The van der Waals surface area contributed by atoms with Crippen LogP contribution >= 0.6 is 0 Å². The van der Waals surface area contributed by atoms with Gasteiger partial charge in [-0.05, 0) is 11.1 Å². The van der Waals surface area contributed by atoms with E-state index in [1.165, 1.54) is 0 Å². The van der Waals surface area contributed by atoms with Crippen LogP contribution in [-0.2, 0) is 36.5 Å². The van der Waals surface area contributed by atoms with Crippen molar-refractivity contribution in [2.24, 2.45) is 0 Å². The average Bonchev–Trinajstić information content (AvgIpc) is 2.27. The van der Waals surface area contributed by atoms with Crippen molar-refractivity contribution < 1.29 is 26.1 Å². The highest BCUT2D eigenvalue weighted by atomic mass is 32.2. The van der Waals surface area contributed by atoms with Crippen LogP contribution in [0.15, 0.2) is 24.3 Å². The Balaban J connectivity index is 2.69. The van der Waals surface area contributed by atoms with Crippen LogP contribution in [0.25, 0.3) is 0 Å². The first-order valence-corrected chi connectivity index (χ1v) is 8.59. The predicted octanol–water partition coefficient (Wildman–Crippen LogP) is 0.0274. The van der Waals surface area contributed by atoms with Crippen LogP contribution in [0.1, 0.15) is 11.1 Å². The molecule has 1 aromatic carbocycles. The maximum atomic E-state index is 11.2. The van der Waals surface area contributed by atoms with Crippen molar-refractivity contribution in [3.8, 4) is 0 Å². The minimum Gasteiger partial charge on any atom is -0.380 e. The number of hydrogen-bond acceptors (Lipinski definition) is 6. The molecule has 6 nitrogen and oxygen atoms in total. The molecule has 0 radical (unpaired) electrons. The second-order valence-corrected chi connectivity index (χ2v) is 7.48. The first-order valence-electron chi connectivity index (χ1n) is 4.95. The summed E-state index contributed by atoms with van der Waals surface area (Å²) in [6.45, 7) is -0.0914. The third kappa shape index (κ3) is 5.58. The van der Waals surface area contributed by atoms with Gasteiger partial charge in [-0.1, -0.05) is 24.3 Å². The summed E-state index contributed by atoms with van der Waals surface area (Å²) in [5.74, 6) is -1.15. The zero-order valence-corrected chi connectivity index (χ0v) is 11.4. The van der Waals surface area contributed by atoms with Gasteiger partial charge in [-0.15, -0.1) is 0 Å². The SMILES string of the molecule is CS(=O)(=O)OCc1ccc(CS(=O)(=O)CO)cc1. The van der Waals surface area contributed by atoms with Gasteiger partial charge in [0.25, 0.3) is 10.1 Å². The van der Waals surface area contributed by atoms with E-state index in [1.807, 2.05) is 0 Å². The molecule has 0 heterocycles. The van der Waals surface area contributed by atoms with Gasteiger partial charge in [0, 0.05) is 0 Å². The molecule has 0 bridgehead atoms. The highest BCUT2D eigenvalue weighted by Crippen LogP contribution is 2.10. The molecule has 0 saturated carbocycles. The van der Waals surface area contributed by atoms with Gasteiger partial charge in [0.15, 0.2) is 9.84 Å². The minimum atomic E-state index is -3.49. The topological polar surface area (TPSA) is 97.7 Å². The van der Waals surface area contributed by atoms with Crippen LogP contribution in [0.2, 0.25) is 0 Å². The molecule has 1 rings (SSSR count). The van der Waals surface area contributed by atoms with E-state index >= 15 is 0 Å². The third-order valence-corrected chi connectivity index (χ3v) is 3.76. The second kappa shape index (κ2) is 5.79. The lowest BCUT2D eigenvalue weighted by molar-refractivity contribution is 0.311. The molecule has 0 amide bonds. The summed E-state index contributed by atoms with van der Waals surface area (Å²) in [5.41, 5.74) is 1.14. The Morgan fingerprint density at radius 1 is 1.06 bits per heavy atom. The van der Waals surface area contributed by atoms with E-state index in [2.05, 4.69) is 4.18 Å². The molecule has 0 spiro atoms. The van der Waals surface area contributed by atoms with Crippen LogP contribution in [0.3, 0.4) is 0 Å². The highest BCUT2D eigenvalue weighted by molar-refractivity contribution is 7.90. The summed E-state index contributed by atoms with van der Waals surface area (Å²) in [6, 6.07) is 6.25. The number of benzene rings is 1. The normalized spacial score (nSPS) is 12.6. The first kappa shape index (κ1) is 15.1. The van der Waals surface area contributed by atoms with E-state index in [1.54, 1.807) is 24.3 Å². The van der Waals surface area contributed by atoms with E-state index in [4.69, 9.17) is 5.11 Å². The molecule has 8 heteroatoms. The van der Waals surface area contributed by atoms with Gasteiger partial charge in [0.2, 0.25) is 0 Å². The lowest BCUT2D eigenvalue weighted by Crippen LogP contribution is -2.08. The maximum absolute atomic E-state index is 11.2. The van der Waals surface area contributed by atoms with Crippen molar-refractivity contribution in [3.05, 3.63) is 35.4 Å². The van der Waals surface area contributed by atoms with Gasteiger partial charge < -0.3 is 5.11 Å². The molecule has 0 aliphatic carbocycles. The monoisotopic (exact) mass is 294 g/mol. The van der Waals surface area contributed by atoms with E-state index in [9.17, 15) is 16.8 Å². The lowest BCUT2D eigenvalue weighted by Gasteiger charge is -2.04. The third-order valence-electron chi connectivity index (χ3n) is 2.05. The van der Waals surface area contributed by atoms with Gasteiger partial charge in [-0.3, -0.25) is 4.18 Å². The lowest BCUT2D eigenvalue weighted by atomic mass is 10.2. The summed E-state index contributed by atoms with van der Waals surface area (Å²) < 4.78 is 48.4. The Labute approximate surface area is 106 Å². The molecule has 18 heavy (non-hydrogen) atoms. The van der Waals surface area contributed by atoms with Crippen molar-refractivity contribution in [2.45, 2.75) is 12.4 Å².